The van der Waals surface area contributed by atoms with Crippen LogP contribution >= 0.6 is 0 Å². The largest absolute Gasteiger partial charge is 4.00 e. The van der Waals surface area contributed by atoms with Crippen molar-refractivity contribution in [2.45, 2.75) is 33.2 Å². The molecule has 7 aromatic rings. The van der Waals surface area contributed by atoms with Crippen LogP contribution in [0.1, 0.15) is 25.0 Å². The van der Waals surface area contributed by atoms with E-state index in [1.165, 1.54) is 60.1 Å². The fraction of sp³-hybridized carbons (Fsp3) is 0.116. The summed E-state index contributed by atoms with van der Waals surface area (Å²) in [6.45, 7) is 6.60. The summed E-state index contributed by atoms with van der Waals surface area (Å²) in [6.07, 6.45) is 2.20. The first-order chi connectivity index (χ1) is 20.7. The zero-order valence-corrected chi connectivity index (χ0v) is 30.8. The zero-order valence-electron chi connectivity index (χ0n) is 27.3. The maximum absolute atomic E-state index is 2.32. The van der Waals surface area contributed by atoms with Crippen LogP contribution in [0.4, 0.5) is 0 Å². The van der Waals surface area contributed by atoms with Crippen molar-refractivity contribution in [2.24, 2.45) is 0 Å². The fourth-order valence-corrected chi connectivity index (χ4v) is 5.87. The molecule has 0 heterocycles. The van der Waals surface area contributed by atoms with E-state index in [4.69, 9.17) is 0 Å². The number of fused-ring (bicyclic) bond motifs is 2. The molecule has 0 nitrogen and oxygen atoms in total. The Kier molecular flexibility index (Phi) is 15.9. The Labute approximate surface area is 293 Å². The minimum Gasteiger partial charge on any atom is -0.358 e. The van der Waals surface area contributed by atoms with Crippen LogP contribution in [0.2, 0.25) is 6.55 Å². The molecule has 2 heteroatoms. The van der Waals surface area contributed by atoms with Crippen molar-refractivity contribution in [1.82, 2.24) is 0 Å². The van der Waals surface area contributed by atoms with Crippen LogP contribution in [0.25, 0.3) is 43.8 Å². The van der Waals surface area contributed by atoms with Gasteiger partial charge in [0.25, 0.3) is 0 Å². The second-order valence-electron chi connectivity index (χ2n) is 10.4. The van der Waals surface area contributed by atoms with E-state index in [0.29, 0.717) is 0 Å². The fourth-order valence-electron chi connectivity index (χ4n) is 5.35. The van der Waals surface area contributed by atoms with Gasteiger partial charge in [-0.2, -0.15) is 12.1 Å². The standard InChI is InChI=1S/2C17H15.C7H8Si.2CH3.Zr/c2*1-2-13-11-15-9-6-10-16(17(15)12-13)14-7-4-3-5-8-14;1-8-7-5-3-2-4-6-7;;;/h2*3-12H,2H2,1H3;2-6H,1H3;2*1H3;/q2*-1;;2*-1;+4. The van der Waals surface area contributed by atoms with Crippen LogP contribution in [-0.2, 0) is 39.0 Å². The summed E-state index contributed by atoms with van der Waals surface area (Å²) >= 11 is 0. The number of aryl methyl sites for hydroxylation is 2. The molecule has 0 aliphatic rings. The predicted molar refractivity (Wildman–Crippen MR) is 199 cm³/mol. The molecule has 0 bridgehead atoms. The zero-order chi connectivity index (χ0) is 29.1. The number of benzene rings is 5. The van der Waals surface area contributed by atoms with Gasteiger partial charge in [-0.25, -0.2) is 0 Å². The number of rotatable bonds is 5. The van der Waals surface area contributed by atoms with Gasteiger partial charge in [0, 0.05) is 0 Å². The third-order valence-electron chi connectivity index (χ3n) is 7.67. The average Bonchev–Trinajstić information content (AvgIpc) is 3.71. The van der Waals surface area contributed by atoms with E-state index in [2.05, 4.69) is 166 Å². The molecule has 0 atom stereocenters. The van der Waals surface area contributed by atoms with E-state index >= 15 is 0 Å². The third kappa shape index (κ3) is 9.70. The minimum absolute atomic E-state index is 0. The van der Waals surface area contributed by atoms with Gasteiger partial charge in [0.15, 0.2) is 0 Å². The predicted octanol–water partition coefficient (Wildman–Crippen LogP) is 11.5. The Morgan fingerprint density at radius 2 is 0.867 bits per heavy atom. The van der Waals surface area contributed by atoms with Gasteiger partial charge >= 0.3 is 26.2 Å². The van der Waals surface area contributed by atoms with E-state index in [1.54, 1.807) is 0 Å². The van der Waals surface area contributed by atoms with E-state index in [1.807, 2.05) is 6.07 Å². The van der Waals surface area contributed by atoms with Crippen molar-refractivity contribution in [3.63, 3.8) is 0 Å². The molecular weight excluding hydrogens is 636 g/mol. The van der Waals surface area contributed by atoms with Gasteiger partial charge in [0.1, 0.15) is 0 Å². The second kappa shape index (κ2) is 19.1. The molecule has 0 N–H and O–H groups in total. The Balaban J connectivity index is 0.000000241. The monoisotopic (exact) mass is 678 g/mol. The van der Waals surface area contributed by atoms with Gasteiger partial charge in [-0.3, -0.25) is 0 Å². The Hall–Kier alpha value is -3.58. The molecule has 0 saturated heterocycles. The van der Waals surface area contributed by atoms with Crippen molar-refractivity contribution in [2.75, 3.05) is 0 Å². The molecule has 0 fully saturated rings. The van der Waals surface area contributed by atoms with E-state index < -0.39 is 0 Å². The van der Waals surface area contributed by atoms with E-state index in [-0.39, 0.29) is 41.1 Å². The first-order valence-electron chi connectivity index (χ1n) is 14.9. The summed E-state index contributed by atoms with van der Waals surface area (Å²) < 4.78 is 0. The van der Waals surface area contributed by atoms with Crippen LogP contribution in [0.15, 0.2) is 152 Å². The van der Waals surface area contributed by atoms with Gasteiger partial charge in [-0.15, -0.1) is 69.1 Å². The molecule has 0 unspecified atom stereocenters. The number of hydrogen-bond acceptors (Lipinski definition) is 0. The minimum atomic E-state index is 0. The van der Waals surface area contributed by atoms with Crippen LogP contribution in [0, 0.1) is 14.9 Å². The topological polar surface area (TPSA) is 0 Å². The van der Waals surface area contributed by atoms with Gasteiger partial charge < -0.3 is 14.9 Å². The summed E-state index contributed by atoms with van der Waals surface area (Å²) in [4.78, 5) is 0. The molecule has 2 radical (unpaired) electrons. The molecule has 7 aromatic carbocycles. The Morgan fingerprint density at radius 3 is 1.20 bits per heavy atom. The first kappa shape index (κ1) is 37.6. The summed E-state index contributed by atoms with van der Waals surface area (Å²) in [5.41, 5.74) is 8.11. The normalized spacial score (nSPS) is 9.84. The summed E-state index contributed by atoms with van der Waals surface area (Å²) in [6, 6.07) is 54.0. The van der Waals surface area contributed by atoms with Crippen LogP contribution < -0.4 is 5.19 Å². The quantitative estimate of drug-likeness (QED) is 0.125. The molecule has 0 spiro atoms. The van der Waals surface area contributed by atoms with Crippen molar-refractivity contribution in [1.29, 1.82) is 0 Å². The van der Waals surface area contributed by atoms with Crippen LogP contribution in [-0.4, -0.2) is 9.52 Å². The molecule has 0 aliphatic carbocycles. The Morgan fingerprint density at radius 1 is 0.489 bits per heavy atom. The molecule has 0 saturated carbocycles. The second-order valence-corrected chi connectivity index (χ2v) is 11.5. The summed E-state index contributed by atoms with van der Waals surface area (Å²) in [5.74, 6) is 0. The average molecular weight is 680 g/mol. The summed E-state index contributed by atoms with van der Waals surface area (Å²) in [5, 5.41) is 6.88. The van der Waals surface area contributed by atoms with E-state index in [0.717, 1.165) is 22.4 Å². The first-order valence-corrected chi connectivity index (χ1v) is 16.4. The molecule has 45 heavy (non-hydrogen) atoms. The van der Waals surface area contributed by atoms with Crippen LogP contribution in [0.5, 0.6) is 0 Å². The van der Waals surface area contributed by atoms with Crippen molar-refractivity contribution >= 4 is 36.3 Å². The SMILES string of the molecule is CCc1cc2c(-c3ccccc3)cccc2[cH-]1.CCc1cc2c(-c3ccccc3)cccc2[cH-]1.C[Si]c1ccccc1.[CH3-].[CH3-].[Zr+4]. The van der Waals surface area contributed by atoms with Gasteiger partial charge in [-0.05, 0) is 24.0 Å². The van der Waals surface area contributed by atoms with Gasteiger partial charge in [0.2, 0.25) is 0 Å². The smallest absolute Gasteiger partial charge is 0.358 e. The molecule has 0 amide bonds. The van der Waals surface area contributed by atoms with E-state index in [9.17, 15) is 0 Å². The Bertz CT molecular complexity index is 1690. The van der Waals surface area contributed by atoms with Gasteiger partial charge in [-0.1, -0.05) is 140 Å². The maximum Gasteiger partial charge on any atom is 4.00 e. The number of hydrogen-bond donors (Lipinski definition) is 0. The molecular formula is C43H44SiZr. The van der Waals surface area contributed by atoms with Crippen molar-refractivity contribution < 1.29 is 26.2 Å². The van der Waals surface area contributed by atoms with Gasteiger partial charge in [0.05, 0.1) is 9.52 Å². The molecule has 224 valence electrons. The molecule has 7 rings (SSSR count). The van der Waals surface area contributed by atoms with Crippen molar-refractivity contribution in [3.05, 3.63) is 178 Å². The molecule has 0 aromatic heterocycles. The third-order valence-corrected chi connectivity index (χ3v) is 8.58. The summed E-state index contributed by atoms with van der Waals surface area (Å²) in [7, 11) is 0.930. The van der Waals surface area contributed by atoms with Crippen molar-refractivity contribution in [3.8, 4) is 22.3 Å². The maximum atomic E-state index is 2.32. The van der Waals surface area contributed by atoms with Crippen LogP contribution in [0.3, 0.4) is 0 Å². The molecule has 0 aliphatic heterocycles.